The Kier molecular flexibility index (Phi) is 5.13. The second kappa shape index (κ2) is 6.91. The van der Waals surface area contributed by atoms with Crippen LogP contribution in [0.4, 0.5) is 24.5 Å². The molecule has 0 aliphatic heterocycles. The van der Waals surface area contributed by atoms with Crippen molar-refractivity contribution in [1.82, 2.24) is 0 Å². The van der Waals surface area contributed by atoms with Crippen LogP contribution in [-0.2, 0) is 10.9 Å². The van der Waals surface area contributed by atoms with Gasteiger partial charge in [0.2, 0.25) is 0 Å². The Hall–Kier alpha value is -2.55. The van der Waals surface area contributed by atoms with E-state index in [9.17, 15) is 23.3 Å². The number of ether oxygens (including phenoxy) is 1. The maximum absolute atomic E-state index is 13.0. The average Bonchev–Trinajstić information content (AvgIpc) is 2.92. The van der Waals surface area contributed by atoms with Gasteiger partial charge in [0.1, 0.15) is 23.1 Å². The van der Waals surface area contributed by atoms with Crippen molar-refractivity contribution >= 4 is 11.4 Å². The summed E-state index contributed by atoms with van der Waals surface area (Å²) >= 11 is 0. The number of nitrogens with zero attached hydrogens (tertiary/aromatic N) is 1. The Bertz CT molecular complexity index is 728. The summed E-state index contributed by atoms with van der Waals surface area (Å²) < 4.78 is 49.6. The standard InChI is InChI=1S/C15H15F3N2O4/c1-9-3-6-14(24-9)12(8-23-2)19-10-4-5-13(20(21)22)11(7-10)15(16,17)18/h3-7,12,19H,8H2,1-2H3. The molecule has 1 N–H and O–H groups in total. The maximum Gasteiger partial charge on any atom is 0.423 e. The first-order chi connectivity index (χ1) is 11.2. The molecule has 0 bridgehead atoms. The average molecular weight is 344 g/mol. The number of alkyl halides is 3. The zero-order valence-corrected chi connectivity index (χ0v) is 12.9. The zero-order chi connectivity index (χ0) is 17.9. The number of nitro groups is 1. The summed E-state index contributed by atoms with van der Waals surface area (Å²) in [5.74, 6) is 1.13. The Balaban J connectivity index is 2.35. The van der Waals surface area contributed by atoms with Gasteiger partial charge in [-0.1, -0.05) is 0 Å². The molecule has 9 heteroatoms. The van der Waals surface area contributed by atoms with Gasteiger partial charge in [0.25, 0.3) is 5.69 Å². The first-order valence-corrected chi connectivity index (χ1v) is 6.90. The molecule has 2 rings (SSSR count). The molecule has 1 aromatic heterocycles. The normalized spacial score (nSPS) is 12.9. The quantitative estimate of drug-likeness (QED) is 0.624. The second-order valence-corrected chi connectivity index (χ2v) is 5.09. The van der Waals surface area contributed by atoms with Gasteiger partial charge >= 0.3 is 6.18 Å². The van der Waals surface area contributed by atoms with Crippen LogP contribution < -0.4 is 5.32 Å². The third-order valence-corrected chi connectivity index (χ3v) is 3.28. The number of nitro benzene ring substituents is 1. The fraction of sp³-hybridized carbons (Fsp3) is 0.333. The molecule has 24 heavy (non-hydrogen) atoms. The summed E-state index contributed by atoms with van der Waals surface area (Å²) in [7, 11) is 1.45. The lowest BCUT2D eigenvalue weighted by Gasteiger charge is -2.18. The van der Waals surface area contributed by atoms with E-state index in [1.807, 2.05) is 0 Å². The van der Waals surface area contributed by atoms with Gasteiger partial charge in [-0.05, 0) is 31.2 Å². The van der Waals surface area contributed by atoms with Gasteiger partial charge < -0.3 is 14.5 Å². The minimum absolute atomic E-state index is 0.0732. The summed E-state index contributed by atoms with van der Waals surface area (Å²) in [6.45, 7) is 1.88. The van der Waals surface area contributed by atoms with Crippen LogP contribution >= 0.6 is 0 Å². The molecule has 2 aromatic rings. The molecule has 0 saturated heterocycles. The van der Waals surface area contributed by atoms with Gasteiger partial charge in [0, 0.05) is 18.9 Å². The number of nitrogens with one attached hydrogen (secondary N) is 1. The molecular formula is C15H15F3N2O4. The van der Waals surface area contributed by atoms with Crippen molar-refractivity contribution in [3.63, 3.8) is 0 Å². The van der Waals surface area contributed by atoms with Crippen LogP contribution in [0.15, 0.2) is 34.7 Å². The highest BCUT2D eigenvalue weighted by atomic mass is 19.4. The van der Waals surface area contributed by atoms with Crippen LogP contribution in [0.1, 0.15) is 23.1 Å². The Morgan fingerprint density at radius 3 is 2.54 bits per heavy atom. The van der Waals surface area contributed by atoms with Crippen LogP contribution in [-0.4, -0.2) is 18.6 Å². The van der Waals surface area contributed by atoms with Crippen LogP contribution in [0, 0.1) is 17.0 Å². The summed E-state index contributed by atoms with van der Waals surface area (Å²) in [5, 5.41) is 13.6. The minimum atomic E-state index is -4.84. The molecule has 130 valence electrons. The van der Waals surface area contributed by atoms with Crippen molar-refractivity contribution in [2.45, 2.75) is 19.1 Å². The summed E-state index contributed by atoms with van der Waals surface area (Å²) in [5.41, 5.74) is -2.24. The van der Waals surface area contributed by atoms with Gasteiger partial charge in [-0.3, -0.25) is 10.1 Å². The highest BCUT2D eigenvalue weighted by Crippen LogP contribution is 2.38. The fourth-order valence-corrected chi connectivity index (χ4v) is 2.22. The van der Waals surface area contributed by atoms with E-state index in [0.717, 1.165) is 6.07 Å². The minimum Gasteiger partial charge on any atom is -0.464 e. The van der Waals surface area contributed by atoms with Gasteiger partial charge in [0.05, 0.1) is 11.5 Å². The number of hydrogen-bond donors (Lipinski definition) is 1. The maximum atomic E-state index is 13.0. The van der Waals surface area contributed by atoms with Crippen LogP contribution in [0.5, 0.6) is 0 Å². The van der Waals surface area contributed by atoms with E-state index in [4.69, 9.17) is 9.15 Å². The molecule has 0 aliphatic carbocycles. The molecule has 1 atom stereocenters. The third-order valence-electron chi connectivity index (χ3n) is 3.28. The monoisotopic (exact) mass is 344 g/mol. The molecule has 6 nitrogen and oxygen atoms in total. The number of rotatable bonds is 6. The summed E-state index contributed by atoms with van der Waals surface area (Å²) in [6, 6.07) is 5.61. The summed E-state index contributed by atoms with van der Waals surface area (Å²) in [4.78, 5) is 9.72. The van der Waals surface area contributed by atoms with E-state index in [1.165, 1.54) is 13.2 Å². The number of benzene rings is 1. The highest BCUT2D eigenvalue weighted by Gasteiger charge is 2.38. The first-order valence-electron chi connectivity index (χ1n) is 6.90. The van der Waals surface area contributed by atoms with E-state index < -0.39 is 28.4 Å². The lowest BCUT2D eigenvalue weighted by molar-refractivity contribution is -0.388. The lowest BCUT2D eigenvalue weighted by Crippen LogP contribution is -2.17. The predicted molar refractivity (Wildman–Crippen MR) is 79.8 cm³/mol. The SMILES string of the molecule is COCC(Nc1ccc([N+](=O)[O-])c(C(F)(F)F)c1)c1ccc(C)o1. The highest BCUT2D eigenvalue weighted by molar-refractivity contribution is 5.56. The second-order valence-electron chi connectivity index (χ2n) is 5.09. The first kappa shape index (κ1) is 17.8. The Morgan fingerprint density at radius 1 is 1.33 bits per heavy atom. The smallest absolute Gasteiger partial charge is 0.423 e. The molecule has 1 unspecified atom stereocenters. The third kappa shape index (κ3) is 4.05. The zero-order valence-electron chi connectivity index (χ0n) is 12.9. The lowest BCUT2D eigenvalue weighted by atomic mass is 10.1. The van der Waals surface area contributed by atoms with Gasteiger partial charge in [0.15, 0.2) is 0 Å². The molecule has 0 spiro atoms. The number of methoxy groups -OCH3 is 1. The molecule has 1 aromatic carbocycles. The Labute approximate surface area is 135 Å². The molecule has 0 saturated carbocycles. The van der Waals surface area contributed by atoms with E-state index >= 15 is 0 Å². The number of halogens is 3. The van der Waals surface area contributed by atoms with E-state index in [1.54, 1.807) is 19.1 Å². The van der Waals surface area contributed by atoms with E-state index in [-0.39, 0.29) is 12.3 Å². The Morgan fingerprint density at radius 2 is 2.04 bits per heavy atom. The largest absolute Gasteiger partial charge is 0.464 e. The predicted octanol–water partition coefficient (Wildman–Crippen LogP) is 4.31. The van der Waals surface area contributed by atoms with Gasteiger partial charge in [-0.2, -0.15) is 13.2 Å². The number of aryl methyl sites for hydroxylation is 1. The van der Waals surface area contributed by atoms with Crippen molar-refractivity contribution in [3.8, 4) is 0 Å². The van der Waals surface area contributed by atoms with Crippen molar-refractivity contribution in [1.29, 1.82) is 0 Å². The van der Waals surface area contributed by atoms with Crippen molar-refractivity contribution in [3.05, 3.63) is 57.5 Å². The molecular weight excluding hydrogens is 329 g/mol. The van der Waals surface area contributed by atoms with Crippen LogP contribution in [0.2, 0.25) is 0 Å². The molecule has 0 aliphatic rings. The van der Waals surface area contributed by atoms with Crippen LogP contribution in [0.25, 0.3) is 0 Å². The number of anilines is 1. The molecule has 1 heterocycles. The van der Waals surface area contributed by atoms with Gasteiger partial charge in [-0.25, -0.2) is 0 Å². The van der Waals surface area contributed by atoms with E-state index in [0.29, 0.717) is 17.6 Å². The fourth-order valence-electron chi connectivity index (χ4n) is 2.22. The molecule has 0 radical (unpaired) electrons. The van der Waals surface area contributed by atoms with Gasteiger partial charge in [-0.15, -0.1) is 0 Å². The van der Waals surface area contributed by atoms with E-state index in [2.05, 4.69) is 5.32 Å². The van der Waals surface area contributed by atoms with Crippen molar-refractivity contribution in [2.75, 3.05) is 19.0 Å². The molecule has 0 amide bonds. The number of furan rings is 1. The number of hydrogen-bond acceptors (Lipinski definition) is 5. The summed E-state index contributed by atoms with van der Waals surface area (Å²) in [6.07, 6.45) is -4.84. The van der Waals surface area contributed by atoms with Crippen LogP contribution in [0.3, 0.4) is 0 Å². The molecule has 0 fully saturated rings. The topological polar surface area (TPSA) is 77.5 Å². The van der Waals surface area contributed by atoms with Crippen molar-refractivity contribution < 1.29 is 27.2 Å². The van der Waals surface area contributed by atoms with Crippen molar-refractivity contribution in [2.24, 2.45) is 0 Å².